The van der Waals surface area contributed by atoms with Crippen molar-refractivity contribution in [2.24, 2.45) is 5.92 Å². The molecule has 1 N–H and O–H groups in total. The molecule has 0 spiro atoms. The predicted octanol–water partition coefficient (Wildman–Crippen LogP) is 3.21. The molecule has 15 heavy (non-hydrogen) atoms. The minimum Gasteiger partial charge on any atom is -0.444 e. The quantitative estimate of drug-likeness (QED) is 0.916. The van der Waals surface area contributed by atoms with Gasteiger partial charge in [-0.3, -0.25) is 4.79 Å². The largest absolute Gasteiger partial charge is 0.444 e. The molecule has 1 unspecified atom stereocenters. The minimum atomic E-state index is -0.152. The van der Waals surface area contributed by atoms with Crippen LogP contribution in [-0.2, 0) is 0 Å². The summed E-state index contributed by atoms with van der Waals surface area (Å²) in [4.78, 5) is 11.7. The number of amides is 1. The van der Waals surface area contributed by atoms with Crippen LogP contribution in [0.5, 0.6) is 0 Å². The molecule has 1 aromatic heterocycles. The summed E-state index contributed by atoms with van der Waals surface area (Å²) in [5, 5.41) is 2.94. The van der Waals surface area contributed by atoms with Crippen LogP contribution in [0.2, 0.25) is 0 Å². The van der Waals surface area contributed by atoms with Crippen molar-refractivity contribution in [3.8, 4) is 0 Å². The Morgan fingerprint density at radius 1 is 1.53 bits per heavy atom. The number of hydrogen-bond acceptors (Lipinski definition) is 2. The van der Waals surface area contributed by atoms with E-state index in [1.165, 1.54) is 0 Å². The van der Waals surface area contributed by atoms with Crippen molar-refractivity contribution in [2.45, 2.75) is 33.2 Å². The third kappa shape index (κ3) is 3.38. The highest BCUT2D eigenvalue weighted by atomic mass is 79.9. The van der Waals surface area contributed by atoms with Crippen LogP contribution in [0.3, 0.4) is 0 Å². The van der Waals surface area contributed by atoms with Crippen molar-refractivity contribution in [3.05, 3.63) is 22.6 Å². The van der Waals surface area contributed by atoms with Gasteiger partial charge in [0.25, 0.3) is 5.91 Å². The van der Waals surface area contributed by atoms with Crippen LogP contribution in [-0.4, -0.2) is 11.9 Å². The number of furan rings is 1. The van der Waals surface area contributed by atoms with Gasteiger partial charge in [-0.1, -0.05) is 20.8 Å². The summed E-state index contributed by atoms with van der Waals surface area (Å²) in [5.41, 5.74) is 0. The van der Waals surface area contributed by atoms with Gasteiger partial charge in [-0.05, 0) is 40.4 Å². The second-order valence-corrected chi connectivity index (χ2v) is 4.62. The molecule has 0 saturated heterocycles. The van der Waals surface area contributed by atoms with Crippen LogP contribution in [0.4, 0.5) is 0 Å². The normalized spacial score (nSPS) is 12.9. The van der Waals surface area contributed by atoms with Gasteiger partial charge in [0.2, 0.25) is 0 Å². The maximum atomic E-state index is 11.7. The summed E-state index contributed by atoms with van der Waals surface area (Å²) in [5.74, 6) is 0.625. The average molecular weight is 274 g/mol. The highest BCUT2D eigenvalue weighted by molar-refractivity contribution is 9.10. The smallest absolute Gasteiger partial charge is 0.287 e. The first-order valence-electron chi connectivity index (χ1n) is 5.10. The molecule has 3 nitrogen and oxygen atoms in total. The molecule has 1 amide bonds. The molecule has 0 aromatic carbocycles. The number of carbonyl (C=O) groups excluding carboxylic acids is 1. The van der Waals surface area contributed by atoms with Gasteiger partial charge in [-0.25, -0.2) is 0 Å². The lowest BCUT2D eigenvalue weighted by molar-refractivity contribution is 0.0895. The Kier molecular flexibility index (Phi) is 4.39. The monoisotopic (exact) mass is 273 g/mol. The van der Waals surface area contributed by atoms with Gasteiger partial charge in [0.1, 0.15) is 0 Å². The second-order valence-electron chi connectivity index (χ2n) is 3.84. The molecule has 0 aliphatic carbocycles. The van der Waals surface area contributed by atoms with Gasteiger partial charge < -0.3 is 9.73 Å². The Balaban J connectivity index is 2.62. The van der Waals surface area contributed by atoms with Gasteiger partial charge in [-0.2, -0.15) is 0 Å². The number of halogens is 1. The van der Waals surface area contributed by atoms with Crippen molar-refractivity contribution < 1.29 is 9.21 Å². The van der Waals surface area contributed by atoms with Crippen molar-refractivity contribution in [1.82, 2.24) is 5.32 Å². The summed E-state index contributed by atoms with van der Waals surface area (Å²) in [6.07, 6.45) is 0.922. The molecule has 0 bridgehead atoms. The Labute approximate surface area is 98.4 Å². The van der Waals surface area contributed by atoms with Gasteiger partial charge in [0.15, 0.2) is 10.4 Å². The lowest BCUT2D eigenvalue weighted by Gasteiger charge is -2.19. The maximum Gasteiger partial charge on any atom is 0.287 e. The van der Waals surface area contributed by atoms with E-state index in [0.29, 0.717) is 16.3 Å². The standard InChI is InChI=1S/C11H16BrNO2/c1-4-8(7(2)3)13-11(14)9-5-6-10(12)15-9/h5-8H,4H2,1-3H3,(H,13,14). The highest BCUT2D eigenvalue weighted by Crippen LogP contribution is 2.14. The van der Waals surface area contributed by atoms with E-state index in [4.69, 9.17) is 4.42 Å². The Bertz CT molecular complexity index is 333. The number of rotatable bonds is 4. The van der Waals surface area contributed by atoms with Gasteiger partial charge in [-0.15, -0.1) is 0 Å². The number of carbonyl (C=O) groups is 1. The molecule has 4 heteroatoms. The molecule has 1 atom stereocenters. The molecule has 84 valence electrons. The highest BCUT2D eigenvalue weighted by Gasteiger charge is 2.17. The minimum absolute atomic E-state index is 0.152. The van der Waals surface area contributed by atoms with E-state index < -0.39 is 0 Å². The lowest BCUT2D eigenvalue weighted by atomic mass is 10.0. The van der Waals surface area contributed by atoms with Gasteiger partial charge >= 0.3 is 0 Å². The molecular formula is C11H16BrNO2. The summed E-state index contributed by atoms with van der Waals surface area (Å²) < 4.78 is 5.75. The molecule has 0 radical (unpaired) electrons. The van der Waals surface area contributed by atoms with E-state index in [2.05, 4.69) is 42.0 Å². The third-order valence-corrected chi connectivity index (χ3v) is 2.78. The summed E-state index contributed by atoms with van der Waals surface area (Å²) in [6.45, 7) is 6.24. The fourth-order valence-corrected chi connectivity index (χ4v) is 1.72. The maximum absolute atomic E-state index is 11.7. The van der Waals surface area contributed by atoms with Crippen LogP contribution >= 0.6 is 15.9 Å². The predicted molar refractivity (Wildman–Crippen MR) is 62.8 cm³/mol. The molecule has 1 rings (SSSR count). The Hall–Kier alpha value is -0.770. The molecule has 1 aromatic rings. The van der Waals surface area contributed by atoms with Crippen molar-refractivity contribution in [1.29, 1.82) is 0 Å². The van der Waals surface area contributed by atoms with Gasteiger partial charge in [0.05, 0.1) is 0 Å². The molecule has 0 aliphatic heterocycles. The second kappa shape index (κ2) is 5.35. The summed E-state index contributed by atoms with van der Waals surface area (Å²) in [7, 11) is 0. The molecule has 1 heterocycles. The molecule has 0 fully saturated rings. The first kappa shape index (κ1) is 12.3. The zero-order chi connectivity index (χ0) is 11.4. The molecule has 0 aliphatic rings. The first-order valence-corrected chi connectivity index (χ1v) is 5.90. The summed E-state index contributed by atoms with van der Waals surface area (Å²) >= 11 is 3.17. The van der Waals surface area contributed by atoms with E-state index in [9.17, 15) is 4.79 Å². The average Bonchev–Trinajstić information content (AvgIpc) is 2.60. The van der Waals surface area contributed by atoms with E-state index in [1.54, 1.807) is 12.1 Å². The van der Waals surface area contributed by atoms with E-state index >= 15 is 0 Å². The first-order chi connectivity index (χ1) is 7.04. The third-order valence-electron chi connectivity index (χ3n) is 2.36. The van der Waals surface area contributed by atoms with Crippen molar-refractivity contribution >= 4 is 21.8 Å². The van der Waals surface area contributed by atoms with Crippen LogP contribution in [0.1, 0.15) is 37.7 Å². The van der Waals surface area contributed by atoms with Crippen LogP contribution < -0.4 is 5.32 Å². The SMILES string of the molecule is CCC(NC(=O)c1ccc(Br)o1)C(C)C. The number of hydrogen-bond donors (Lipinski definition) is 1. The molecular weight excluding hydrogens is 258 g/mol. The zero-order valence-corrected chi connectivity index (χ0v) is 10.8. The fourth-order valence-electron chi connectivity index (χ4n) is 1.42. The Morgan fingerprint density at radius 3 is 2.60 bits per heavy atom. The van der Waals surface area contributed by atoms with Crippen LogP contribution in [0.25, 0.3) is 0 Å². The molecule has 0 saturated carbocycles. The van der Waals surface area contributed by atoms with Crippen LogP contribution in [0, 0.1) is 5.92 Å². The fraction of sp³-hybridized carbons (Fsp3) is 0.545. The number of nitrogens with one attached hydrogen (secondary N) is 1. The van der Waals surface area contributed by atoms with Crippen molar-refractivity contribution in [3.63, 3.8) is 0 Å². The van der Waals surface area contributed by atoms with Crippen LogP contribution in [0.15, 0.2) is 21.2 Å². The van der Waals surface area contributed by atoms with E-state index in [1.807, 2.05) is 0 Å². The summed E-state index contributed by atoms with van der Waals surface area (Å²) in [6, 6.07) is 3.57. The topological polar surface area (TPSA) is 42.2 Å². The van der Waals surface area contributed by atoms with Gasteiger partial charge in [0, 0.05) is 6.04 Å². The lowest BCUT2D eigenvalue weighted by Crippen LogP contribution is -2.37. The van der Waals surface area contributed by atoms with Crippen molar-refractivity contribution in [2.75, 3.05) is 0 Å². The van der Waals surface area contributed by atoms with E-state index in [0.717, 1.165) is 6.42 Å². The van der Waals surface area contributed by atoms with E-state index in [-0.39, 0.29) is 11.9 Å². The zero-order valence-electron chi connectivity index (χ0n) is 9.21. The Morgan fingerprint density at radius 2 is 2.20 bits per heavy atom.